The number of aromatic nitrogens is 1. The molecule has 0 saturated carbocycles. The highest BCUT2D eigenvalue weighted by atomic mass is 32.1. The van der Waals surface area contributed by atoms with Crippen LogP contribution in [0.2, 0.25) is 0 Å². The summed E-state index contributed by atoms with van der Waals surface area (Å²) in [6, 6.07) is 10.7. The van der Waals surface area contributed by atoms with Gasteiger partial charge in [0, 0.05) is 31.9 Å². The molecule has 2 aromatic rings. The van der Waals surface area contributed by atoms with Gasteiger partial charge in [-0.3, -0.25) is 4.99 Å². The lowest BCUT2D eigenvalue weighted by Gasteiger charge is -2.26. The van der Waals surface area contributed by atoms with E-state index in [-0.39, 0.29) is 0 Å². The van der Waals surface area contributed by atoms with Gasteiger partial charge in [-0.15, -0.1) is 11.3 Å². The lowest BCUT2D eigenvalue weighted by atomic mass is 9.88. The molecule has 0 aliphatic rings. The van der Waals surface area contributed by atoms with Crippen LogP contribution in [0.15, 0.2) is 40.7 Å². The Balaban J connectivity index is 1.98. The Hall–Kier alpha value is -1.88. The molecule has 4 nitrogen and oxygen atoms in total. The zero-order valence-corrected chi connectivity index (χ0v) is 16.1. The summed E-state index contributed by atoms with van der Waals surface area (Å²) in [6.07, 6.45) is 0. The van der Waals surface area contributed by atoms with Gasteiger partial charge in [0.15, 0.2) is 5.96 Å². The number of thiazole rings is 1. The summed E-state index contributed by atoms with van der Waals surface area (Å²) >= 11 is 1.69. The molecular weight excluding hydrogens is 316 g/mol. The molecule has 0 spiro atoms. The summed E-state index contributed by atoms with van der Waals surface area (Å²) in [7, 11) is 3.88. The summed E-state index contributed by atoms with van der Waals surface area (Å²) in [4.78, 5) is 11.1. The van der Waals surface area contributed by atoms with Crippen molar-refractivity contribution >= 4 is 17.3 Å². The van der Waals surface area contributed by atoms with E-state index < -0.39 is 0 Å². The maximum absolute atomic E-state index is 4.53. The fourth-order valence-electron chi connectivity index (χ4n) is 2.82. The van der Waals surface area contributed by atoms with Crippen molar-refractivity contribution in [3.05, 3.63) is 52.0 Å². The third-order valence-corrected chi connectivity index (χ3v) is 4.97. The van der Waals surface area contributed by atoms with Crippen LogP contribution < -0.4 is 5.32 Å². The van der Waals surface area contributed by atoms with Crippen molar-refractivity contribution in [1.29, 1.82) is 0 Å². The molecular formula is C19H28N4S. The minimum atomic E-state index is 0.456. The number of hydrogen-bond acceptors (Lipinski definition) is 3. The molecule has 0 amide bonds. The van der Waals surface area contributed by atoms with Crippen molar-refractivity contribution in [2.24, 2.45) is 10.9 Å². The Morgan fingerprint density at radius 2 is 2.00 bits per heavy atom. The number of rotatable bonds is 6. The first-order valence-electron chi connectivity index (χ1n) is 8.39. The van der Waals surface area contributed by atoms with Crippen LogP contribution in [0.1, 0.15) is 36.0 Å². The van der Waals surface area contributed by atoms with E-state index in [0.717, 1.165) is 29.8 Å². The van der Waals surface area contributed by atoms with Gasteiger partial charge < -0.3 is 10.2 Å². The second-order valence-electron chi connectivity index (χ2n) is 6.40. The lowest BCUT2D eigenvalue weighted by molar-refractivity contribution is 0.445. The Kier molecular flexibility index (Phi) is 6.79. The van der Waals surface area contributed by atoms with Crippen LogP contribution in [-0.4, -0.2) is 36.5 Å². The highest BCUT2D eigenvalue weighted by Gasteiger charge is 2.17. The van der Waals surface area contributed by atoms with E-state index in [1.165, 1.54) is 5.56 Å². The van der Waals surface area contributed by atoms with Crippen LogP contribution in [0.5, 0.6) is 0 Å². The zero-order valence-electron chi connectivity index (χ0n) is 15.3. The number of guanidine groups is 1. The minimum Gasteiger partial charge on any atom is -0.356 e. The minimum absolute atomic E-state index is 0.456. The summed E-state index contributed by atoms with van der Waals surface area (Å²) in [5.41, 5.74) is 2.46. The van der Waals surface area contributed by atoms with E-state index in [9.17, 15) is 0 Å². The SMILES string of the molecule is CN=C(NCC(c1ccccc1)C(C)C)N(C)Cc1csc(C)n1. The van der Waals surface area contributed by atoms with Gasteiger partial charge in [-0.25, -0.2) is 4.98 Å². The van der Waals surface area contributed by atoms with Crippen LogP contribution in [0.25, 0.3) is 0 Å². The van der Waals surface area contributed by atoms with Gasteiger partial charge >= 0.3 is 0 Å². The molecule has 0 fully saturated rings. The molecule has 0 saturated heterocycles. The quantitative estimate of drug-likeness (QED) is 0.638. The average Bonchev–Trinajstić information content (AvgIpc) is 2.97. The van der Waals surface area contributed by atoms with Crippen LogP contribution in [0, 0.1) is 12.8 Å². The lowest BCUT2D eigenvalue weighted by Crippen LogP contribution is -2.41. The molecule has 1 unspecified atom stereocenters. The average molecular weight is 345 g/mol. The van der Waals surface area contributed by atoms with Crippen LogP contribution in [0.3, 0.4) is 0 Å². The molecule has 2 rings (SSSR count). The molecule has 24 heavy (non-hydrogen) atoms. The van der Waals surface area contributed by atoms with E-state index in [1.54, 1.807) is 11.3 Å². The van der Waals surface area contributed by atoms with E-state index in [0.29, 0.717) is 11.8 Å². The smallest absolute Gasteiger partial charge is 0.193 e. The normalized spacial score (nSPS) is 13.2. The molecule has 1 N–H and O–H groups in total. The Bertz CT molecular complexity index is 648. The number of nitrogens with zero attached hydrogens (tertiary/aromatic N) is 3. The van der Waals surface area contributed by atoms with E-state index in [2.05, 4.69) is 76.8 Å². The van der Waals surface area contributed by atoms with Crippen LogP contribution in [-0.2, 0) is 6.54 Å². The first kappa shape index (κ1) is 18.5. The number of nitrogens with one attached hydrogen (secondary N) is 1. The van der Waals surface area contributed by atoms with Gasteiger partial charge in [-0.05, 0) is 18.4 Å². The Labute approximate surface area is 149 Å². The monoisotopic (exact) mass is 344 g/mol. The van der Waals surface area contributed by atoms with Gasteiger partial charge in [-0.1, -0.05) is 44.2 Å². The van der Waals surface area contributed by atoms with Crippen molar-refractivity contribution in [2.75, 3.05) is 20.6 Å². The topological polar surface area (TPSA) is 40.5 Å². The third kappa shape index (κ3) is 5.06. The highest BCUT2D eigenvalue weighted by Crippen LogP contribution is 2.23. The summed E-state index contributed by atoms with van der Waals surface area (Å²) in [6.45, 7) is 8.21. The number of aryl methyl sites for hydroxylation is 1. The molecule has 0 radical (unpaired) electrons. The highest BCUT2D eigenvalue weighted by molar-refractivity contribution is 7.09. The standard InChI is InChI=1S/C19H28N4S/c1-14(2)18(16-9-7-6-8-10-16)11-21-19(20-4)23(5)12-17-13-24-15(3)22-17/h6-10,13-14,18H,11-12H2,1-5H3,(H,20,21). The maximum Gasteiger partial charge on any atom is 0.193 e. The molecule has 0 aliphatic carbocycles. The molecule has 0 bridgehead atoms. The molecule has 130 valence electrons. The second-order valence-corrected chi connectivity index (χ2v) is 7.47. The molecule has 1 atom stereocenters. The van der Waals surface area contributed by atoms with Crippen LogP contribution >= 0.6 is 11.3 Å². The number of hydrogen-bond donors (Lipinski definition) is 1. The largest absolute Gasteiger partial charge is 0.356 e. The van der Waals surface area contributed by atoms with Crippen molar-refractivity contribution < 1.29 is 0 Å². The summed E-state index contributed by atoms with van der Waals surface area (Å²) in [5.74, 6) is 1.92. The summed E-state index contributed by atoms with van der Waals surface area (Å²) in [5, 5.41) is 6.74. The van der Waals surface area contributed by atoms with E-state index >= 15 is 0 Å². The fourth-order valence-corrected chi connectivity index (χ4v) is 3.43. The first-order chi connectivity index (χ1) is 11.5. The van der Waals surface area contributed by atoms with E-state index in [4.69, 9.17) is 0 Å². The van der Waals surface area contributed by atoms with Crippen molar-refractivity contribution in [3.8, 4) is 0 Å². The van der Waals surface area contributed by atoms with Gasteiger partial charge in [0.25, 0.3) is 0 Å². The summed E-state index contributed by atoms with van der Waals surface area (Å²) < 4.78 is 0. The molecule has 1 heterocycles. The Morgan fingerprint density at radius 1 is 1.29 bits per heavy atom. The van der Waals surface area contributed by atoms with E-state index in [1.807, 2.05) is 14.0 Å². The van der Waals surface area contributed by atoms with Crippen LogP contribution in [0.4, 0.5) is 0 Å². The predicted octanol–water partition coefficient (Wildman–Crippen LogP) is 3.90. The van der Waals surface area contributed by atoms with Gasteiger partial charge in [0.05, 0.1) is 17.2 Å². The predicted molar refractivity (Wildman–Crippen MR) is 104 cm³/mol. The fraction of sp³-hybridized carbons (Fsp3) is 0.474. The molecule has 0 aliphatic heterocycles. The van der Waals surface area contributed by atoms with Crippen molar-refractivity contribution in [2.45, 2.75) is 33.2 Å². The first-order valence-corrected chi connectivity index (χ1v) is 9.27. The maximum atomic E-state index is 4.53. The van der Waals surface area contributed by atoms with Crippen molar-refractivity contribution in [1.82, 2.24) is 15.2 Å². The molecule has 1 aromatic carbocycles. The molecule has 1 aromatic heterocycles. The molecule has 5 heteroatoms. The Morgan fingerprint density at radius 3 is 2.54 bits per heavy atom. The number of benzene rings is 1. The van der Waals surface area contributed by atoms with Crippen molar-refractivity contribution in [3.63, 3.8) is 0 Å². The third-order valence-electron chi connectivity index (χ3n) is 4.15. The van der Waals surface area contributed by atoms with Gasteiger partial charge in [0.1, 0.15) is 0 Å². The zero-order chi connectivity index (χ0) is 17.5. The number of aliphatic imine (C=N–C) groups is 1. The second kappa shape index (κ2) is 8.83. The van der Waals surface area contributed by atoms with Gasteiger partial charge in [0.2, 0.25) is 0 Å². The van der Waals surface area contributed by atoms with Gasteiger partial charge in [-0.2, -0.15) is 0 Å².